The van der Waals surface area contributed by atoms with Gasteiger partial charge in [0.1, 0.15) is 0 Å². The van der Waals surface area contributed by atoms with E-state index in [1.54, 1.807) is 0 Å². The van der Waals surface area contributed by atoms with Crippen LogP contribution >= 0.6 is 0 Å². The lowest BCUT2D eigenvalue weighted by Gasteiger charge is -2.00. The fourth-order valence-electron chi connectivity index (χ4n) is 1.46. The van der Waals surface area contributed by atoms with Crippen molar-refractivity contribution < 1.29 is 9.63 Å². The van der Waals surface area contributed by atoms with Crippen molar-refractivity contribution in [3.8, 4) is 0 Å². The summed E-state index contributed by atoms with van der Waals surface area (Å²) in [5, 5.41) is 0. The van der Waals surface area contributed by atoms with Crippen molar-refractivity contribution in [2.75, 3.05) is 0 Å². The Bertz CT molecular complexity index is 137. The van der Waals surface area contributed by atoms with E-state index in [1.165, 1.54) is 38.5 Å². The minimum atomic E-state index is -0.295. The fraction of sp³-hybridized carbons (Fsp3) is 0.909. The minimum absolute atomic E-state index is 0.295. The summed E-state index contributed by atoms with van der Waals surface area (Å²) in [5.74, 6) is 4.42. The Hall–Kier alpha value is -0.570. The van der Waals surface area contributed by atoms with Crippen LogP contribution in [-0.4, -0.2) is 5.97 Å². The summed E-state index contributed by atoms with van der Waals surface area (Å²) in [5.41, 5.74) is 0. The van der Waals surface area contributed by atoms with Crippen molar-refractivity contribution in [1.29, 1.82) is 0 Å². The largest absolute Gasteiger partial charge is 0.373 e. The third kappa shape index (κ3) is 9.52. The van der Waals surface area contributed by atoms with E-state index in [9.17, 15) is 4.79 Å². The summed E-state index contributed by atoms with van der Waals surface area (Å²) in [7, 11) is 0. The van der Waals surface area contributed by atoms with Gasteiger partial charge in [0.2, 0.25) is 0 Å². The SMILES string of the molecule is CCCCCCCCCCC(=O)ON. The van der Waals surface area contributed by atoms with Crippen LogP contribution in [0.4, 0.5) is 0 Å². The van der Waals surface area contributed by atoms with Crippen molar-refractivity contribution in [3.63, 3.8) is 0 Å². The Labute approximate surface area is 87.0 Å². The van der Waals surface area contributed by atoms with Crippen LogP contribution in [0.5, 0.6) is 0 Å². The molecule has 14 heavy (non-hydrogen) atoms. The molecule has 0 bridgehead atoms. The zero-order valence-corrected chi connectivity index (χ0v) is 9.26. The van der Waals surface area contributed by atoms with Gasteiger partial charge < -0.3 is 4.84 Å². The molecular weight excluding hydrogens is 178 g/mol. The van der Waals surface area contributed by atoms with Crippen LogP contribution in [0.3, 0.4) is 0 Å². The second-order valence-corrected chi connectivity index (χ2v) is 3.71. The molecule has 84 valence electrons. The van der Waals surface area contributed by atoms with Gasteiger partial charge in [-0.2, -0.15) is 5.90 Å². The van der Waals surface area contributed by atoms with Gasteiger partial charge in [-0.15, -0.1) is 0 Å². The Morgan fingerprint density at radius 2 is 1.50 bits per heavy atom. The standard InChI is InChI=1S/C11H23NO2/c1-2-3-4-5-6-7-8-9-10-11(13)14-12/h2-10,12H2,1H3. The lowest BCUT2D eigenvalue weighted by Crippen LogP contribution is -2.08. The fourth-order valence-corrected chi connectivity index (χ4v) is 1.46. The monoisotopic (exact) mass is 201 g/mol. The Morgan fingerprint density at radius 1 is 1.00 bits per heavy atom. The van der Waals surface area contributed by atoms with E-state index in [0.717, 1.165) is 12.8 Å². The molecule has 3 nitrogen and oxygen atoms in total. The molecule has 0 rings (SSSR count). The first-order chi connectivity index (χ1) is 6.81. The van der Waals surface area contributed by atoms with E-state index in [-0.39, 0.29) is 5.97 Å². The molecule has 0 aromatic carbocycles. The molecule has 0 aromatic heterocycles. The molecule has 0 saturated heterocycles. The average Bonchev–Trinajstić information content (AvgIpc) is 2.21. The minimum Gasteiger partial charge on any atom is -0.373 e. The quantitative estimate of drug-likeness (QED) is 0.461. The molecule has 0 unspecified atom stereocenters. The van der Waals surface area contributed by atoms with Gasteiger partial charge in [-0.05, 0) is 6.42 Å². The van der Waals surface area contributed by atoms with E-state index >= 15 is 0 Å². The first-order valence-corrected chi connectivity index (χ1v) is 5.70. The van der Waals surface area contributed by atoms with Gasteiger partial charge in [-0.1, -0.05) is 51.9 Å². The highest BCUT2D eigenvalue weighted by molar-refractivity contribution is 5.68. The number of carbonyl (C=O) groups excluding carboxylic acids is 1. The third-order valence-electron chi connectivity index (χ3n) is 2.37. The number of hydrogen-bond acceptors (Lipinski definition) is 3. The predicted molar refractivity (Wildman–Crippen MR) is 57.5 cm³/mol. The number of hydrogen-bond donors (Lipinski definition) is 1. The van der Waals surface area contributed by atoms with Crippen LogP contribution in [0.2, 0.25) is 0 Å². The third-order valence-corrected chi connectivity index (χ3v) is 2.37. The summed E-state index contributed by atoms with van der Waals surface area (Å²) in [6.07, 6.45) is 10.3. The van der Waals surface area contributed by atoms with Gasteiger partial charge in [0.05, 0.1) is 0 Å². The molecule has 0 radical (unpaired) electrons. The number of carbonyl (C=O) groups is 1. The van der Waals surface area contributed by atoms with Crippen molar-refractivity contribution in [3.05, 3.63) is 0 Å². The van der Waals surface area contributed by atoms with Gasteiger partial charge in [0.25, 0.3) is 0 Å². The number of rotatable bonds is 9. The second kappa shape index (κ2) is 10.5. The zero-order chi connectivity index (χ0) is 10.6. The first kappa shape index (κ1) is 13.4. The normalized spacial score (nSPS) is 10.1. The van der Waals surface area contributed by atoms with E-state index < -0.39 is 0 Å². The van der Waals surface area contributed by atoms with E-state index in [2.05, 4.69) is 11.8 Å². The molecule has 0 aliphatic rings. The molecule has 0 aliphatic carbocycles. The Kier molecular flexibility index (Phi) is 10.1. The van der Waals surface area contributed by atoms with Gasteiger partial charge in [-0.3, -0.25) is 4.79 Å². The van der Waals surface area contributed by atoms with Crippen molar-refractivity contribution in [2.24, 2.45) is 5.90 Å². The highest BCUT2D eigenvalue weighted by Crippen LogP contribution is 2.09. The molecule has 0 spiro atoms. The van der Waals surface area contributed by atoms with Gasteiger partial charge in [0, 0.05) is 6.42 Å². The molecule has 0 heterocycles. The molecule has 2 N–H and O–H groups in total. The molecule has 0 aromatic rings. The molecule has 0 aliphatic heterocycles. The summed E-state index contributed by atoms with van der Waals surface area (Å²) < 4.78 is 0. The van der Waals surface area contributed by atoms with E-state index in [1.807, 2.05) is 0 Å². The Balaban J connectivity index is 2.95. The summed E-state index contributed by atoms with van der Waals surface area (Å²) in [6.45, 7) is 2.22. The average molecular weight is 201 g/mol. The zero-order valence-electron chi connectivity index (χ0n) is 9.26. The maximum Gasteiger partial charge on any atom is 0.324 e. The van der Waals surface area contributed by atoms with Crippen LogP contribution in [0.1, 0.15) is 64.7 Å². The highest BCUT2D eigenvalue weighted by Gasteiger charge is 1.99. The maximum atomic E-state index is 10.6. The summed E-state index contributed by atoms with van der Waals surface area (Å²) in [4.78, 5) is 14.7. The van der Waals surface area contributed by atoms with Gasteiger partial charge >= 0.3 is 5.97 Å². The highest BCUT2D eigenvalue weighted by atomic mass is 16.7. The smallest absolute Gasteiger partial charge is 0.324 e. The van der Waals surface area contributed by atoms with Crippen LogP contribution in [0, 0.1) is 0 Å². The molecule has 3 heteroatoms. The molecule has 0 saturated carbocycles. The number of nitrogens with two attached hydrogens (primary N) is 1. The van der Waals surface area contributed by atoms with E-state index in [4.69, 9.17) is 5.90 Å². The van der Waals surface area contributed by atoms with Crippen molar-refractivity contribution >= 4 is 5.97 Å². The second-order valence-electron chi connectivity index (χ2n) is 3.71. The van der Waals surface area contributed by atoms with Crippen molar-refractivity contribution in [1.82, 2.24) is 0 Å². The van der Waals surface area contributed by atoms with Crippen LogP contribution in [0.15, 0.2) is 0 Å². The van der Waals surface area contributed by atoms with Crippen LogP contribution < -0.4 is 5.90 Å². The Morgan fingerprint density at radius 3 is 2.00 bits per heavy atom. The number of unbranched alkanes of at least 4 members (excludes halogenated alkanes) is 7. The van der Waals surface area contributed by atoms with Gasteiger partial charge in [-0.25, -0.2) is 0 Å². The molecule has 0 amide bonds. The lowest BCUT2D eigenvalue weighted by atomic mass is 10.1. The molecule has 0 fully saturated rings. The maximum absolute atomic E-state index is 10.6. The molecule has 0 atom stereocenters. The molecular formula is C11H23NO2. The topological polar surface area (TPSA) is 52.3 Å². The van der Waals surface area contributed by atoms with Gasteiger partial charge in [0.15, 0.2) is 0 Å². The van der Waals surface area contributed by atoms with Crippen molar-refractivity contribution in [2.45, 2.75) is 64.7 Å². The summed E-state index contributed by atoms with van der Waals surface area (Å²) in [6, 6.07) is 0. The lowest BCUT2D eigenvalue weighted by molar-refractivity contribution is -0.144. The van der Waals surface area contributed by atoms with E-state index in [0.29, 0.717) is 6.42 Å². The van der Waals surface area contributed by atoms with Crippen LogP contribution in [-0.2, 0) is 9.63 Å². The van der Waals surface area contributed by atoms with Crippen LogP contribution in [0.25, 0.3) is 0 Å². The summed E-state index contributed by atoms with van der Waals surface area (Å²) >= 11 is 0. The predicted octanol–water partition coefficient (Wildman–Crippen LogP) is 2.93. The first-order valence-electron chi connectivity index (χ1n) is 5.70.